The summed E-state index contributed by atoms with van der Waals surface area (Å²) < 4.78 is 2.19. The third-order valence-corrected chi connectivity index (χ3v) is 6.66. The SMILES string of the molecule is C[C@H](Sc1nnc2n1CCCCC2)C(=O)Nc1ccc(N2CCCCC2)cc1. The molecule has 1 atom stereocenters. The molecule has 28 heavy (non-hydrogen) atoms. The number of carbonyl (C=O) groups is 1. The number of piperidine rings is 1. The van der Waals surface area contributed by atoms with E-state index in [4.69, 9.17) is 0 Å². The Morgan fingerprint density at radius 2 is 1.71 bits per heavy atom. The van der Waals surface area contributed by atoms with Gasteiger partial charge in [-0.15, -0.1) is 10.2 Å². The highest BCUT2D eigenvalue weighted by Gasteiger charge is 2.21. The maximum Gasteiger partial charge on any atom is 0.237 e. The molecule has 0 bridgehead atoms. The van der Waals surface area contributed by atoms with Crippen molar-refractivity contribution in [3.8, 4) is 0 Å². The smallest absolute Gasteiger partial charge is 0.237 e. The van der Waals surface area contributed by atoms with Gasteiger partial charge in [-0.1, -0.05) is 18.2 Å². The molecule has 2 aliphatic heterocycles. The lowest BCUT2D eigenvalue weighted by Gasteiger charge is -2.28. The van der Waals surface area contributed by atoms with Crippen molar-refractivity contribution < 1.29 is 4.79 Å². The summed E-state index contributed by atoms with van der Waals surface area (Å²) in [5.74, 6) is 1.06. The van der Waals surface area contributed by atoms with Crippen LogP contribution < -0.4 is 10.2 Å². The van der Waals surface area contributed by atoms with Crippen LogP contribution in [0.3, 0.4) is 0 Å². The van der Waals surface area contributed by atoms with Crippen LogP contribution in [-0.2, 0) is 17.8 Å². The molecule has 1 saturated heterocycles. The van der Waals surface area contributed by atoms with E-state index >= 15 is 0 Å². The Kier molecular flexibility index (Phi) is 6.20. The van der Waals surface area contributed by atoms with Gasteiger partial charge in [-0.3, -0.25) is 4.79 Å². The van der Waals surface area contributed by atoms with Gasteiger partial charge in [0, 0.05) is 37.4 Å². The maximum absolute atomic E-state index is 12.7. The minimum Gasteiger partial charge on any atom is -0.372 e. The average Bonchev–Trinajstić information content (AvgIpc) is 2.95. The van der Waals surface area contributed by atoms with Gasteiger partial charge in [0.2, 0.25) is 5.91 Å². The van der Waals surface area contributed by atoms with E-state index in [1.54, 1.807) is 0 Å². The third-order valence-electron chi connectivity index (χ3n) is 5.58. The molecule has 150 valence electrons. The number of nitrogens with zero attached hydrogens (tertiary/aromatic N) is 4. The zero-order valence-corrected chi connectivity index (χ0v) is 17.4. The topological polar surface area (TPSA) is 63.1 Å². The molecule has 7 heteroatoms. The lowest BCUT2D eigenvalue weighted by molar-refractivity contribution is -0.115. The first-order chi connectivity index (χ1) is 13.7. The molecule has 6 nitrogen and oxygen atoms in total. The van der Waals surface area contributed by atoms with E-state index in [0.717, 1.165) is 49.1 Å². The van der Waals surface area contributed by atoms with Crippen LogP contribution in [0.4, 0.5) is 11.4 Å². The van der Waals surface area contributed by atoms with Crippen LogP contribution in [0.15, 0.2) is 29.4 Å². The van der Waals surface area contributed by atoms with Crippen molar-refractivity contribution in [3.63, 3.8) is 0 Å². The summed E-state index contributed by atoms with van der Waals surface area (Å²) in [5.41, 5.74) is 2.09. The summed E-state index contributed by atoms with van der Waals surface area (Å²) in [6.07, 6.45) is 8.40. The number of amides is 1. The highest BCUT2D eigenvalue weighted by Crippen LogP contribution is 2.27. The fourth-order valence-corrected chi connectivity index (χ4v) is 4.80. The van der Waals surface area contributed by atoms with E-state index in [0.29, 0.717) is 0 Å². The predicted molar refractivity (Wildman–Crippen MR) is 114 cm³/mol. The molecule has 0 unspecified atom stereocenters. The van der Waals surface area contributed by atoms with Gasteiger partial charge in [0.05, 0.1) is 5.25 Å². The fraction of sp³-hybridized carbons (Fsp3) is 0.571. The Hall–Kier alpha value is -2.02. The molecule has 2 aromatic rings. The van der Waals surface area contributed by atoms with Crippen LogP contribution in [0, 0.1) is 0 Å². The Bertz CT molecular complexity index is 798. The number of hydrogen-bond acceptors (Lipinski definition) is 5. The summed E-state index contributed by atoms with van der Waals surface area (Å²) in [4.78, 5) is 15.1. The zero-order chi connectivity index (χ0) is 19.3. The summed E-state index contributed by atoms with van der Waals surface area (Å²) in [6, 6.07) is 8.22. The molecule has 1 N–H and O–H groups in total. The van der Waals surface area contributed by atoms with E-state index < -0.39 is 0 Å². The van der Waals surface area contributed by atoms with Crippen molar-refractivity contribution in [1.29, 1.82) is 0 Å². The fourth-order valence-electron chi connectivity index (χ4n) is 3.91. The highest BCUT2D eigenvalue weighted by atomic mass is 32.2. The minimum absolute atomic E-state index is 0.00157. The van der Waals surface area contributed by atoms with Crippen molar-refractivity contribution in [1.82, 2.24) is 14.8 Å². The van der Waals surface area contributed by atoms with E-state index in [1.165, 1.54) is 49.6 Å². The molecule has 0 saturated carbocycles. The van der Waals surface area contributed by atoms with Crippen molar-refractivity contribution in [2.45, 2.75) is 68.8 Å². The second kappa shape index (κ2) is 8.99. The number of fused-ring (bicyclic) bond motifs is 1. The molecule has 4 rings (SSSR count). The minimum atomic E-state index is -0.224. The zero-order valence-electron chi connectivity index (χ0n) is 16.6. The Labute approximate surface area is 171 Å². The number of aryl methyl sites for hydroxylation is 1. The van der Waals surface area contributed by atoms with E-state index in [2.05, 4.69) is 37.1 Å². The van der Waals surface area contributed by atoms with Gasteiger partial charge < -0.3 is 14.8 Å². The van der Waals surface area contributed by atoms with Crippen molar-refractivity contribution in [2.75, 3.05) is 23.3 Å². The van der Waals surface area contributed by atoms with Crippen molar-refractivity contribution in [3.05, 3.63) is 30.1 Å². The number of benzene rings is 1. The lowest BCUT2D eigenvalue weighted by Crippen LogP contribution is -2.29. The Morgan fingerprint density at radius 3 is 2.50 bits per heavy atom. The average molecular weight is 400 g/mol. The van der Waals surface area contributed by atoms with Crippen LogP contribution in [0.1, 0.15) is 51.3 Å². The molecule has 2 aliphatic rings. The van der Waals surface area contributed by atoms with Crippen LogP contribution in [0.5, 0.6) is 0 Å². The van der Waals surface area contributed by atoms with E-state index in [-0.39, 0.29) is 11.2 Å². The van der Waals surface area contributed by atoms with Crippen LogP contribution in [-0.4, -0.2) is 39.0 Å². The van der Waals surface area contributed by atoms with Crippen molar-refractivity contribution in [2.24, 2.45) is 0 Å². The maximum atomic E-state index is 12.7. The number of thioether (sulfide) groups is 1. The molecular formula is C21H29N5OS. The number of aromatic nitrogens is 3. The summed E-state index contributed by atoms with van der Waals surface area (Å²) in [6.45, 7) is 5.14. The largest absolute Gasteiger partial charge is 0.372 e. The first-order valence-electron chi connectivity index (χ1n) is 10.5. The summed E-state index contributed by atoms with van der Waals surface area (Å²) in [5, 5.41) is 12.3. The molecule has 1 aromatic carbocycles. The first-order valence-corrected chi connectivity index (χ1v) is 11.3. The predicted octanol–water partition coefficient (Wildman–Crippen LogP) is 4.11. The normalized spacial score (nSPS) is 18.2. The second-order valence-electron chi connectivity index (χ2n) is 7.71. The monoisotopic (exact) mass is 399 g/mol. The quantitative estimate of drug-likeness (QED) is 0.767. The number of anilines is 2. The molecule has 1 amide bonds. The van der Waals surface area contributed by atoms with Gasteiger partial charge in [0.25, 0.3) is 0 Å². The molecule has 1 fully saturated rings. The lowest BCUT2D eigenvalue weighted by atomic mass is 10.1. The summed E-state index contributed by atoms with van der Waals surface area (Å²) in [7, 11) is 0. The molecular weight excluding hydrogens is 370 g/mol. The number of carbonyl (C=O) groups excluding carboxylic acids is 1. The van der Waals surface area contributed by atoms with Gasteiger partial charge >= 0.3 is 0 Å². The van der Waals surface area contributed by atoms with Crippen molar-refractivity contribution >= 4 is 29.0 Å². The molecule has 1 aromatic heterocycles. The van der Waals surface area contributed by atoms with Gasteiger partial charge in [0.1, 0.15) is 5.82 Å². The van der Waals surface area contributed by atoms with E-state index in [1.807, 2.05) is 19.1 Å². The van der Waals surface area contributed by atoms with Crippen LogP contribution >= 0.6 is 11.8 Å². The molecule has 0 radical (unpaired) electrons. The molecule has 3 heterocycles. The Morgan fingerprint density at radius 1 is 1.00 bits per heavy atom. The van der Waals surface area contributed by atoms with Crippen LogP contribution in [0.25, 0.3) is 0 Å². The van der Waals surface area contributed by atoms with Crippen LogP contribution in [0.2, 0.25) is 0 Å². The molecule has 0 aliphatic carbocycles. The number of nitrogens with one attached hydrogen (secondary N) is 1. The van der Waals surface area contributed by atoms with Gasteiger partial charge in [0.15, 0.2) is 5.16 Å². The first kappa shape index (κ1) is 19.3. The van der Waals surface area contributed by atoms with Gasteiger partial charge in [-0.25, -0.2) is 0 Å². The Balaban J connectivity index is 1.35. The number of hydrogen-bond donors (Lipinski definition) is 1. The van der Waals surface area contributed by atoms with E-state index in [9.17, 15) is 4.79 Å². The summed E-state index contributed by atoms with van der Waals surface area (Å²) >= 11 is 1.50. The van der Waals surface area contributed by atoms with Gasteiger partial charge in [-0.05, 0) is 63.3 Å². The second-order valence-corrected chi connectivity index (χ2v) is 9.01. The van der Waals surface area contributed by atoms with Gasteiger partial charge in [-0.2, -0.15) is 0 Å². The standard InChI is InChI=1S/C21H29N5OS/c1-16(28-21-24-23-19-8-4-2-7-15-26(19)21)20(27)22-17-9-11-18(12-10-17)25-13-5-3-6-14-25/h9-12,16H,2-8,13-15H2,1H3,(H,22,27)/t16-/m0/s1. The number of rotatable bonds is 5. The molecule has 0 spiro atoms. The highest BCUT2D eigenvalue weighted by molar-refractivity contribution is 8.00. The third kappa shape index (κ3) is 4.51.